The van der Waals surface area contributed by atoms with E-state index in [2.05, 4.69) is 16.4 Å². The lowest BCUT2D eigenvalue weighted by Gasteiger charge is -2.07. The zero-order valence-electron chi connectivity index (χ0n) is 10.1. The van der Waals surface area contributed by atoms with Gasteiger partial charge in [-0.05, 0) is 23.8 Å². The minimum absolute atomic E-state index is 0.284. The Labute approximate surface area is 110 Å². The molecule has 0 unspecified atom stereocenters. The maximum absolute atomic E-state index is 12.0. The van der Waals surface area contributed by atoms with Gasteiger partial charge in [-0.15, -0.1) is 0 Å². The SMILES string of the molecule is N#CCc1ccc(NC(=O)c2ccncc2N)cc1. The third kappa shape index (κ3) is 3.07. The monoisotopic (exact) mass is 252 g/mol. The average Bonchev–Trinajstić information content (AvgIpc) is 2.42. The second-order valence-corrected chi connectivity index (χ2v) is 3.95. The van der Waals surface area contributed by atoms with E-state index in [4.69, 9.17) is 11.0 Å². The number of carbonyl (C=O) groups excluding carboxylic acids is 1. The number of hydrogen-bond donors (Lipinski definition) is 2. The first-order valence-corrected chi connectivity index (χ1v) is 5.67. The van der Waals surface area contributed by atoms with Gasteiger partial charge in [0.2, 0.25) is 0 Å². The first-order chi connectivity index (χ1) is 9.20. The fourth-order valence-corrected chi connectivity index (χ4v) is 1.61. The number of aromatic nitrogens is 1. The van der Waals surface area contributed by atoms with Gasteiger partial charge in [-0.25, -0.2) is 0 Å². The van der Waals surface area contributed by atoms with Gasteiger partial charge in [0, 0.05) is 11.9 Å². The highest BCUT2D eigenvalue weighted by molar-refractivity contribution is 6.07. The van der Waals surface area contributed by atoms with Gasteiger partial charge in [-0.2, -0.15) is 5.26 Å². The number of nitrogens with two attached hydrogens (primary N) is 1. The number of benzene rings is 1. The number of carbonyl (C=O) groups is 1. The van der Waals surface area contributed by atoms with Crippen molar-refractivity contribution >= 4 is 17.3 Å². The molecule has 0 aliphatic carbocycles. The number of pyridine rings is 1. The molecule has 2 rings (SSSR count). The molecule has 0 bridgehead atoms. The smallest absolute Gasteiger partial charge is 0.257 e. The van der Waals surface area contributed by atoms with Crippen LogP contribution in [-0.4, -0.2) is 10.9 Å². The standard InChI is InChI=1S/C14H12N4O/c15-7-5-10-1-3-11(4-2-10)18-14(19)12-6-8-17-9-13(12)16/h1-4,6,8-9H,5,16H2,(H,18,19). The van der Waals surface area contributed by atoms with Crippen LogP contribution in [0.15, 0.2) is 42.7 Å². The fourth-order valence-electron chi connectivity index (χ4n) is 1.61. The van der Waals surface area contributed by atoms with E-state index < -0.39 is 0 Å². The normalized spacial score (nSPS) is 9.63. The molecule has 1 aromatic carbocycles. The Morgan fingerprint density at radius 1 is 1.32 bits per heavy atom. The highest BCUT2D eigenvalue weighted by Crippen LogP contribution is 2.14. The number of amides is 1. The predicted octanol–water partition coefficient (Wildman–Crippen LogP) is 1.98. The lowest BCUT2D eigenvalue weighted by Crippen LogP contribution is -2.14. The van der Waals surface area contributed by atoms with Crippen LogP contribution < -0.4 is 11.1 Å². The molecule has 1 heterocycles. The molecular formula is C14H12N4O. The summed E-state index contributed by atoms with van der Waals surface area (Å²) in [5.74, 6) is -0.284. The van der Waals surface area contributed by atoms with Gasteiger partial charge in [0.05, 0.1) is 29.9 Å². The van der Waals surface area contributed by atoms with Crippen molar-refractivity contribution in [3.05, 3.63) is 53.9 Å². The van der Waals surface area contributed by atoms with Crippen LogP contribution in [-0.2, 0) is 6.42 Å². The Bertz CT molecular complexity index is 629. The molecule has 0 saturated carbocycles. The molecule has 0 fully saturated rings. The van der Waals surface area contributed by atoms with E-state index in [0.717, 1.165) is 5.56 Å². The van der Waals surface area contributed by atoms with Crippen molar-refractivity contribution in [1.29, 1.82) is 5.26 Å². The molecule has 94 valence electrons. The summed E-state index contributed by atoms with van der Waals surface area (Å²) < 4.78 is 0. The van der Waals surface area contributed by atoms with Gasteiger partial charge in [-0.1, -0.05) is 12.1 Å². The Morgan fingerprint density at radius 2 is 2.05 bits per heavy atom. The Balaban J connectivity index is 2.11. The summed E-state index contributed by atoms with van der Waals surface area (Å²) >= 11 is 0. The lowest BCUT2D eigenvalue weighted by molar-refractivity contribution is 0.102. The van der Waals surface area contributed by atoms with Crippen molar-refractivity contribution in [3.63, 3.8) is 0 Å². The van der Waals surface area contributed by atoms with Crippen LogP contribution >= 0.6 is 0 Å². The molecule has 3 N–H and O–H groups in total. The summed E-state index contributed by atoms with van der Waals surface area (Å²) in [4.78, 5) is 15.8. The van der Waals surface area contributed by atoms with Crippen molar-refractivity contribution < 1.29 is 4.79 Å². The molecule has 5 heteroatoms. The van der Waals surface area contributed by atoms with Crippen molar-refractivity contribution in [2.45, 2.75) is 6.42 Å². The molecule has 0 saturated heterocycles. The first kappa shape index (κ1) is 12.6. The molecule has 19 heavy (non-hydrogen) atoms. The summed E-state index contributed by atoms with van der Waals surface area (Å²) in [5.41, 5.74) is 7.96. The molecule has 5 nitrogen and oxygen atoms in total. The molecule has 0 spiro atoms. The third-order valence-electron chi connectivity index (χ3n) is 2.59. The second kappa shape index (κ2) is 5.65. The van der Waals surface area contributed by atoms with Crippen LogP contribution in [0.1, 0.15) is 15.9 Å². The Kier molecular flexibility index (Phi) is 3.74. The zero-order valence-corrected chi connectivity index (χ0v) is 10.1. The van der Waals surface area contributed by atoms with Crippen molar-refractivity contribution in [3.8, 4) is 6.07 Å². The second-order valence-electron chi connectivity index (χ2n) is 3.95. The Morgan fingerprint density at radius 3 is 2.68 bits per heavy atom. The molecule has 2 aromatic rings. The number of nitrogens with one attached hydrogen (secondary N) is 1. The summed E-state index contributed by atoms with van der Waals surface area (Å²) in [6, 6.07) is 10.7. The molecule has 0 aliphatic rings. The Hall–Kier alpha value is -2.87. The zero-order chi connectivity index (χ0) is 13.7. The fraction of sp³-hybridized carbons (Fsp3) is 0.0714. The van der Waals surface area contributed by atoms with Gasteiger partial charge in [0.1, 0.15) is 0 Å². The van der Waals surface area contributed by atoms with E-state index in [9.17, 15) is 4.79 Å². The van der Waals surface area contributed by atoms with E-state index in [1.807, 2.05) is 0 Å². The summed E-state index contributed by atoms with van der Waals surface area (Å²) in [6.45, 7) is 0. The van der Waals surface area contributed by atoms with Crippen molar-refractivity contribution in [2.24, 2.45) is 0 Å². The maximum Gasteiger partial charge on any atom is 0.257 e. The topological polar surface area (TPSA) is 91.8 Å². The lowest BCUT2D eigenvalue weighted by atomic mass is 10.1. The quantitative estimate of drug-likeness (QED) is 0.873. The average molecular weight is 252 g/mol. The van der Waals surface area contributed by atoms with E-state index >= 15 is 0 Å². The molecule has 0 aliphatic heterocycles. The summed E-state index contributed by atoms with van der Waals surface area (Å²) in [6.07, 6.45) is 3.30. The van der Waals surface area contributed by atoms with Crippen LogP contribution in [0.2, 0.25) is 0 Å². The summed E-state index contributed by atoms with van der Waals surface area (Å²) in [5, 5.41) is 11.3. The van der Waals surface area contributed by atoms with Crippen LogP contribution in [0.5, 0.6) is 0 Å². The van der Waals surface area contributed by atoms with Gasteiger partial charge in [-0.3, -0.25) is 9.78 Å². The number of hydrogen-bond acceptors (Lipinski definition) is 4. The minimum atomic E-state index is -0.284. The number of nitriles is 1. The first-order valence-electron chi connectivity index (χ1n) is 5.67. The number of nitrogens with zero attached hydrogens (tertiary/aromatic N) is 2. The maximum atomic E-state index is 12.0. The minimum Gasteiger partial charge on any atom is -0.397 e. The predicted molar refractivity (Wildman–Crippen MR) is 72.4 cm³/mol. The van der Waals surface area contributed by atoms with Crippen LogP contribution in [0.4, 0.5) is 11.4 Å². The van der Waals surface area contributed by atoms with Crippen molar-refractivity contribution in [2.75, 3.05) is 11.1 Å². The van der Waals surface area contributed by atoms with Gasteiger partial charge in [0.15, 0.2) is 0 Å². The van der Waals surface area contributed by atoms with Gasteiger partial charge in [0.25, 0.3) is 5.91 Å². The van der Waals surface area contributed by atoms with Gasteiger partial charge < -0.3 is 11.1 Å². The highest BCUT2D eigenvalue weighted by atomic mass is 16.1. The van der Waals surface area contributed by atoms with E-state index in [1.54, 1.807) is 30.3 Å². The van der Waals surface area contributed by atoms with Crippen molar-refractivity contribution in [1.82, 2.24) is 4.98 Å². The highest BCUT2D eigenvalue weighted by Gasteiger charge is 2.09. The number of anilines is 2. The van der Waals surface area contributed by atoms with Gasteiger partial charge >= 0.3 is 0 Å². The number of rotatable bonds is 3. The molecule has 1 amide bonds. The third-order valence-corrected chi connectivity index (χ3v) is 2.59. The molecule has 0 atom stereocenters. The van der Waals surface area contributed by atoms with E-state index in [1.165, 1.54) is 12.4 Å². The van der Waals surface area contributed by atoms with E-state index in [0.29, 0.717) is 23.4 Å². The van der Waals surface area contributed by atoms with Crippen LogP contribution in [0.25, 0.3) is 0 Å². The van der Waals surface area contributed by atoms with Crippen LogP contribution in [0.3, 0.4) is 0 Å². The summed E-state index contributed by atoms with van der Waals surface area (Å²) in [7, 11) is 0. The molecular weight excluding hydrogens is 240 g/mol. The molecule has 0 radical (unpaired) electrons. The van der Waals surface area contributed by atoms with E-state index in [-0.39, 0.29) is 5.91 Å². The molecule has 1 aromatic heterocycles. The number of nitrogen functional groups attached to an aromatic ring is 1. The van der Waals surface area contributed by atoms with Crippen LogP contribution in [0, 0.1) is 11.3 Å². The largest absolute Gasteiger partial charge is 0.397 e.